The molecular formula is C11H10F3N3O2. The Hall–Kier alpha value is -2.25. The number of ether oxygens (including phenoxy) is 1. The lowest BCUT2D eigenvalue weighted by Crippen LogP contribution is -2.07. The minimum atomic E-state index is -4.55. The third-order valence-corrected chi connectivity index (χ3v) is 2.37. The molecule has 0 aromatic carbocycles. The number of aromatic hydroxyl groups is 1. The Bertz CT molecular complexity index is 587. The quantitative estimate of drug-likeness (QED) is 0.882. The standard InChI is InChI=1S/C11H10F3N3O2/c1-5-3-7(18)15-8(4-5)19-10-6(2)9(16-17-10)11(12,13)14/h3-4H,1-2H3,(H,15,18)(H,16,17). The van der Waals surface area contributed by atoms with Crippen LogP contribution in [0.5, 0.6) is 17.6 Å². The van der Waals surface area contributed by atoms with Gasteiger partial charge in [0, 0.05) is 17.7 Å². The monoisotopic (exact) mass is 273 g/mol. The fraction of sp³-hybridized carbons (Fsp3) is 0.273. The maximum absolute atomic E-state index is 12.5. The van der Waals surface area contributed by atoms with Crippen molar-refractivity contribution in [2.24, 2.45) is 0 Å². The Morgan fingerprint density at radius 1 is 1.26 bits per heavy atom. The molecule has 2 aromatic rings. The molecule has 5 nitrogen and oxygen atoms in total. The van der Waals surface area contributed by atoms with E-state index in [1.807, 2.05) is 0 Å². The lowest BCUT2D eigenvalue weighted by Gasteiger charge is -2.06. The lowest BCUT2D eigenvalue weighted by molar-refractivity contribution is -0.141. The highest BCUT2D eigenvalue weighted by molar-refractivity contribution is 5.35. The van der Waals surface area contributed by atoms with Gasteiger partial charge in [-0.05, 0) is 19.4 Å². The van der Waals surface area contributed by atoms with E-state index in [0.717, 1.165) is 0 Å². The first-order valence-corrected chi connectivity index (χ1v) is 5.25. The molecule has 2 heterocycles. The molecule has 0 bridgehead atoms. The maximum atomic E-state index is 12.5. The summed E-state index contributed by atoms with van der Waals surface area (Å²) in [6.07, 6.45) is -4.55. The van der Waals surface area contributed by atoms with Gasteiger partial charge in [0.05, 0.1) is 0 Å². The Labute approximate surface area is 106 Å². The summed E-state index contributed by atoms with van der Waals surface area (Å²) in [6, 6.07) is 2.88. The van der Waals surface area contributed by atoms with Gasteiger partial charge in [0.2, 0.25) is 17.6 Å². The fourth-order valence-corrected chi connectivity index (χ4v) is 1.53. The molecule has 0 fully saturated rings. The molecule has 0 aliphatic heterocycles. The summed E-state index contributed by atoms with van der Waals surface area (Å²) >= 11 is 0. The number of hydrogen-bond acceptors (Lipinski definition) is 4. The molecule has 2 aromatic heterocycles. The summed E-state index contributed by atoms with van der Waals surface area (Å²) in [5, 5.41) is 14.6. The van der Waals surface area contributed by atoms with Crippen molar-refractivity contribution in [3.63, 3.8) is 0 Å². The Morgan fingerprint density at radius 3 is 2.47 bits per heavy atom. The van der Waals surface area contributed by atoms with Gasteiger partial charge in [-0.3, -0.25) is 0 Å². The largest absolute Gasteiger partial charge is 0.493 e. The number of pyridine rings is 1. The van der Waals surface area contributed by atoms with Crippen molar-refractivity contribution in [1.82, 2.24) is 15.2 Å². The summed E-state index contributed by atoms with van der Waals surface area (Å²) in [5.41, 5.74) is -0.551. The smallest absolute Gasteiger partial charge is 0.435 e. The third kappa shape index (κ3) is 2.78. The molecule has 0 aliphatic carbocycles. The zero-order valence-corrected chi connectivity index (χ0v) is 10.0. The normalized spacial score (nSPS) is 11.6. The van der Waals surface area contributed by atoms with E-state index < -0.39 is 11.9 Å². The van der Waals surface area contributed by atoms with Crippen LogP contribution in [-0.4, -0.2) is 20.3 Å². The Balaban J connectivity index is 2.32. The van der Waals surface area contributed by atoms with Crippen LogP contribution in [0.3, 0.4) is 0 Å². The molecule has 0 spiro atoms. The van der Waals surface area contributed by atoms with Gasteiger partial charge < -0.3 is 9.84 Å². The third-order valence-electron chi connectivity index (χ3n) is 2.37. The van der Waals surface area contributed by atoms with E-state index in [1.54, 1.807) is 6.92 Å². The lowest BCUT2D eigenvalue weighted by atomic mass is 10.2. The van der Waals surface area contributed by atoms with Gasteiger partial charge in [-0.2, -0.15) is 23.3 Å². The van der Waals surface area contributed by atoms with Gasteiger partial charge in [-0.25, -0.2) is 5.10 Å². The zero-order chi connectivity index (χ0) is 14.2. The van der Waals surface area contributed by atoms with Crippen LogP contribution >= 0.6 is 0 Å². The van der Waals surface area contributed by atoms with Crippen molar-refractivity contribution >= 4 is 0 Å². The number of H-pyrrole nitrogens is 1. The molecule has 8 heteroatoms. The topological polar surface area (TPSA) is 71.0 Å². The molecule has 102 valence electrons. The predicted molar refractivity (Wildman–Crippen MR) is 59.0 cm³/mol. The average molecular weight is 273 g/mol. The van der Waals surface area contributed by atoms with Crippen molar-refractivity contribution < 1.29 is 23.0 Å². The highest BCUT2D eigenvalue weighted by Gasteiger charge is 2.37. The highest BCUT2D eigenvalue weighted by Crippen LogP contribution is 2.34. The van der Waals surface area contributed by atoms with Crippen molar-refractivity contribution in [2.75, 3.05) is 0 Å². The maximum Gasteiger partial charge on any atom is 0.435 e. The Kier molecular flexibility index (Phi) is 3.09. The minimum Gasteiger partial charge on any atom is -0.493 e. The SMILES string of the molecule is Cc1cc(O)nc(Oc2[nH]nc(C(F)(F)F)c2C)c1. The van der Waals surface area contributed by atoms with Gasteiger partial charge in [-0.1, -0.05) is 0 Å². The van der Waals surface area contributed by atoms with Gasteiger partial charge in [0.15, 0.2) is 5.69 Å². The second-order valence-electron chi connectivity index (χ2n) is 3.97. The molecule has 2 N–H and O–H groups in total. The van der Waals surface area contributed by atoms with Crippen LogP contribution in [-0.2, 0) is 6.18 Å². The first-order valence-electron chi connectivity index (χ1n) is 5.25. The van der Waals surface area contributed by atoms with Gasteiger partial charge in [-0.15, -0.1) is 0 Å². The molecule has 0 radical (unpaired) electrons. The van der Waals surface area contributed by atoms with Crippen molar-refractivity contribution in [1.29, 1.82) is 0 Å². The van der Waals surface area contributed by atoms with Crippen LogP contribution in [0.25, 0.3) is 0 Å². The molecule has 0 atom stereocenters. The summed E-state index contributed by atoms with van der Waals surface area (Å²) in [4.78, 5) is 3.65. The van der Waals surface area contributed by atoms with Crippen LogP contribution in [0, 0.1) is 13.8 Å². The molecule has 0 amide bonds. The van der Waals surface area contributed by atoms with Crippen LogP contribution in [0.4, 0.5) is 13.2 Å². The van der Waals surface area contributed by atoms with E-state index in [9.17, 15) is 18.3 Å². The number of aromatic amines is 1. The molecule has 2 rings (SSSR count). The first-order chi connectivity index (χ1) is 8.77. The van der Waals surface area contributed by atoms with Gasteiger partial charge >= 0.3 is 6.18 Å². The number of aryl methyl sites for hydroxylation is 1. The highest BCUT2D eigenvalue weighted by atomic mass is 19.4. The first kappa shape index (κ1) is 13.2. The predicted octanol–water partition coefficient (Wildman–Crippen LogP) is 2.94. The fourth-order valence-electron chi connectivity index (χ4n) is 1.53. The molecule has 0 saturated heterocycles. The van der Waals surface area contributed by atoms with Crippen LogP contribution < -0.4 is 4.74 Å². The zero-order valence-electron chi connectivity index (χ0n) is 10.0. The van der Waals surface area contributed by atoms with E-state index in [2.05, 4.69) is 15.2 Å². The van der Waals surface area contributed by atoms with Crippen molar-refractivity contribution in [3.05, 3.63) is 29.0 Å². The second-order valence-corrected chi connectivity index (χ2v) is 3.97. The number of halogens is 3. The minimum absolute atomic E-state index is 0.0158. The Morgan fingerprint density at radius 2 is 1.95 bits per heavy atom. The van der Waals surface area contributed by atoms with E-state index in [1.165, 1.54) is 19.1 Å². The number of nitrogens with zero attached hydrogens (tertiary/aromatic N) is 2. The number of hydrogen-bond donors (Lipinski definition) is 2. The van der Waals surface area contributed by atoms with Crippen molar-refractivity contribution in [3.8, 4) is 17.6 Å². The number of nitrogens with one attached hydrogen (secondary N) is 1. The molecule has 19 heavy (non-hydrogen) atoms. The summed E-state index contributed by atoms with van der Waals surface area (Å²) in [7, 11) is 0. The number of aromatic nitrogens is 3. The number of rotatable bonds is 2. The van der Waals surface area contributed by atoms with Crippen molar-refractivity contribution in [2.45, 2.75) is 20.0 Å². The molecule has 0 unspecified atom stereocenters. The van der Waals surface area contributed by atoms with Gasteiger partial charge in [0.25, 0.3) is 0 Å². The summed E-state index contributed by atoms with van der Waals surface area (Å²) in [6.45, 7) is 2.92. The van der Waals surface area contributed by atoms with E-state index in [0.29, 0.717) is 5.56 Å². The molecular weight excluding hydrogens is 263 g/mol. The second kappa shape index (κ2) is 4.45. The van der Waals surface area contributed by atoms with Crippen LogP contribution in [0.2, 0.25) is 0 Å². The van der Waals surface area contributed by atoms with E-state index in [4.69, 9.17) is 4.74 Å². The average Bonchev–Trinajstić information content (AvgIpc) is 2.58. The summed E-state index contributed by atoms with van der Waals surface area (Å²) in [5.74, 6) is -0.453. The molecule has 0 saturated carbocycles. The van der Waals surface area contributed by atoms with E-state index in [-0.39, 0.29) is 23.2 Å². The van der Waals surface area contributed by atoms with Gasteiger partial charge in [0.1, 0.15) is 0 Å². The molecule has 0 aliphatic rings. The summed E-state index contributed by atoms with van der Waals surface area (Å²) < 4.78 is 42.8. The van der Waals surface area contributed by atoms with Crippen LogP contribution in [0.15, 0.2) is 12.1 Å². The van der Waals surface area contributed by atoms with Crippen LogP contribution in [0.1, 0.15) is 16.8 Å². The number of alkyl halides is 3. The van der Waals surface area contributed by atoms with E-state index >= 15 is 0 Å².